The number of methoxy groups -OCH3 is 1. The molecular formula is C25H34N2O3S. The van der Waals surface area contributed by atoms with E-state index in [2.05, 4.69) is 37.4 Å². The van der Waals surface area contributed by atoms with Crippen molar-refractivity contribution in [2.24, 2.45) is 0 Å². The van der Waals surface area contributed by atoms with Crippen LogP contribution < -0.4 is 10.1 Å². The summed E-state index contributed by atoms with van der Waals surface area (Å²) in [6, 6.07) is 15.4. The van der Waals surface area contributed by atoms with Crippen LogP contribution in [0, 0.1) is 6.92 Å². The number of benzene rings is 2. The van der Waals surface area contributed by atoms with Gasteiger partial charge in [0.2, 0.25) is 11.8 Å². The van der Waals surface area contributed by atoms with Crippen LogP contribution in [-0.2, 0) is 21.9 Å². The first-order valence-corrected chi connectivity index (χ1v) is 11.9. The van der Waals surface area contributed by atoms with Gasteiger partial charge in [-0.25, -0.2) is 0 Å². The van der Waals surface area contributed by atoms with Crippen LogP contribution in [0.4, 0.5) is 0 Å². The van der Waals surface area contributed by atoms with E-state index in [0.717, 1.165) is 29.9 Å². The van der Waals surface area contributed by atoms with E-state index in [9.17, 15) is 9.59 Å². The lowest BCUT2D eigenvalue weighted by Crippen LogP contribution is -2.48. The molecule has 0 fully saturated rings. The molecule has 0 bridgehead atoms. The number of hydrogen-bond donors (Lipinski definition) is 1. The van der Waals surface area contributed by atoms with E-state index in [-0.39, 0.29) is 11.8 Å². The number of carbonyl (C=O) groups excluding carboxylic acids is 2. The van der Waals surface area contributed by atoms with Crippen molar-refractivity contribution >= 4 is 23.6 Å². The third kappa shape index (κ3) is 8.29. The number of ether oxygens (including phenoxy) is 1. The molecule has 0 heterocycles. The second-order valence-electron chi connectivity index (χ2n) is 7.67. The molecule has 0 aromatic heterocycles. The van der Waals surface area contributed by atoms with Gasteiger partial charge in [0.05, 0.1) is 12.9 Å². The Morgan fingerprint density at radius 1 is 1.13 bits per heavy atom. The van der Waals surface area contributed by atoms with E-state index in [1.54, 1.807) is 30.7 Å². The maximum atomic E-state index is 13.1. The van der Waals surface area contributed by atoms with E-state index in [0.29, 0.717) is 18.8 Å². The number of nitrogens with one attached hydrogen (secondary N) is 1. The molecule has 2 amide bonds. The van der Waals surface area contributed by atoms with Crippen molar-refractivity contribution in [2.75, 3.05) is 19.4 Å². The molecular weight excluding hydrogens is 408 g/mol. The van der Waals surface area contributed by atoms with Gasteiger partial charge in [0.15, 0.2) is 0 Å². The zero-order chi connectivity index (χ0) is 22.6. The number of rotatable bonds is 12. The van der Waals surface area contributed by atoms with E-state index in [1.807, 2.05) is 30.3 Å². The van der Waals surface area contributed by atoms with Gasteiger partial charge in [-0.1, -0.05) is 55.3 Å². The van der Waals surface area contributed by atoms with Gasteiger partial charge in [-0.05, 0) is 43.5 Å². The Morgan fingerprint density at radius 2 is 1.87 bits per heavy atom. The molecule has 0 aliphatic carbocycles. The van der Waals surface area contributed by atoms with E-state index < -0.39 is 6.04 Å². The topological polar surface area (TPSA) is 58.6 Å². The van der Waals surface area contributed by atoms with Gasteiger partial charge in [-0.3, -0.25) is 9.59 Å². The van der Waals surface area contributed by atoms with Crippen molar-refractivity contribution in [1.29, 1.82) is 0 Å². The minimum Gasteiger partial charge on any atom is -0.497 e. The van der Waals surface area contributed by atoms with Crippen LogP contribution in [0.5, 0.6) is 5.75 Å². The Hall–Kier alpha value is -2.47. The van der Waals surface area contributed by atoms with E-state index >= 15 is 0 Å². The molecule has 2 aromatic rings. The molecule has 5 nitrogen and oxygen atoms in total. The highest BCUT2D eigenvalue weighted by molar-refractivity contribution is 7.99. The Labute approximate surface area is 190 Å². The molecule has 0 aliphatic rings. The number of carbonyl (C=O) groups is 2. The average molecular weight is 443 g/mol. The largest absolute Gasteiger partial charge is 0.497 e. The highest BCUT2D eigenvalue weighted by Crippen LogP contribution is 2.18. The van der Waals surface area contributed by atoms with Gasteiger partial charge in [-0.2, -0.15) is 0 Å². The van der Waals surface area contributed by atoms with Crippen LogP contribution in [0.2, 0.25) is 0 Å². The third-order valence-corrected chi connectivity index (χ3v) is 6.07. The molecule has 31 heavy (non-hydrogen) atoms. The Morgan fingerprint density at radius 3 is 2.52 bits per heavy atom. The lowest BCUT2D eigenvalue weighted by molar-refractivity contribution is -0.138. The highest BCUT2D eigenvalue weighted by Gasteiger charge is 2.25. The number of nitrogens with zero attached hydrogens (tertiary/aromatic N) is 1. The minimum atomic E-state index is -0.536. The monoisotopic (exact) mass is 442 g/mol. The molecule has 0 saturated heterocycles. The summed E-state index contributed by atoms with van der Waals surface area (Å²) in [5.74, 6) is 1.71. The zero-order valence-electron chi connectivity index (χ0n) is 19.0. The number of aryl methyl sites for hydroxylation is 1. The van der Waals surface area contributed by atoms with Crippen LogP contribution in [0.3, 0.4) is 0 Å². The first-order valence-electron chi connectivity index (χ1n) is 10.8. The van der Waals surface area contributed by atoms with Gasteiger partial charge < -0.3 is 15.0 Å². The normalized spacial score (nSPS) is 11.6. The maximum Gasteiger partial charge on any atom is 0.242 e. The minimum absolute atomic E-state index is 0.0355. The zero-order valence-corrected chi connectivity index (χ0v) is 19.8. The van der Waals surface area contributed by atoms with Crippen molar-refractivity contribution in [2.45, 2.75) is 52.0 Å². The second kappa shape index (κ2) is 13.1. The van der Waals surface area contributed by atoms with Crippen LogP contribution in [0.15, 0.2) is 48.5 Å². The van der Waals surface area contributed by atoms with Crippen molar-refractivity contribution in [3.63, 3.8) is 0 Å². The fourth-order valence-corrected chi connectivity index (χ4v) is 4.05. The third-order valence-electron chi connectivity index (χ3n) is 5.09. The second-order valence-corrected chi connectivity index (χ2v) is 8.66. The molecule has 6 heteroatoms. The van der Waals surface area contributed by atoms with Crippen molar-refractivity contribution < 1.29 is 14.3 Å². The van der Waals surface area contributed by atoms with Gasteiger partial charge >= 0.3 is 0 Å². The summed E-state index contributed by atoms with van der Waals surface area (Å²) in [5.41, 5.74) is 3.37. The highest BCUT2D eigenvalue weighted by atomic mass is 32.2. The van der Waals surface area contributed by atoms with Gasteiger partial charge in [-0.15, -0.1) is 11.8 Å². The smallest absolute Gasteiger partial charge is 0.242 e. The number of thioether (sulfide) groups is 1. The van der Waals surface area contributed by atoms with E-state index in [1.165, 1.54) is 11.1 Å². The summed E-state index contributed by atoms with van der Waals surface area (Å²) in [7, 11) is 1.62. The SMILES string of the molecule is CCCCNC(=O)[C@@H](C)N(Cc1ccc(OC)cc1)C(=O)CSCc1cccc(C)c1. The first-order chi connectivity index (χ1) is 14.9. The lowest BCUT2D eigenvalue weighted by Gasteiger charge is -2.29. The standard InChI is InChI=1S/C25H34N2O3S/c1-5-6-14-26-25(29)20(3)27(16-21-10-12-23(30-4)13-11-21)24(28)18-31-17-22-9-7-8-19(2)15-22/h7-13,15,20H,5-6,14,16-18H2,1-4H3,(H,26,29)/t20-/m1/s1. The summed E-state index contributed by atoms with van der Waals surface area (Å²) in [6.07, 6.45) is 1.94. The molecule has 168 valence electrons. The number of amides is 2. The predicted molar refractivity (Wildman–Crippen MR) is 128 cm³/mol. The number of unbranched alkanes of at least 4 members (excludes halogenated alkanes) is 1. The number of hydrogen-bond acceptors (Lipinski definition) is 4. The predicted octanol–water partition coefficient (Wildman–Crippen LogP) is 4.57. The molecule has 0 radical (unpaired) electrons. The average Bonchev–Trinajstić information content (AvgIpc) is 2.77. The molecule has 0 aliphatic heterocycles. The Bertz CT molecular complexity index is 839. The van der Waals surface area contributed by atoms with Crippen molar-refractivity contribution in [3.8, 4) is 5.75 Å². The molecule has 0 saturated carbocycles. The summed E-state index contributed by atoms with van der Waals surface area (Å²) >= 11 is 1.58. The quantitative estimate of drug-likeness (QED) is 0.489. The Balaban J connectivity index is 2.04. The molecule has 1 atom stereocenters. The molecule has 0 unspecified atom stereocenters. The fourth-order valence-electron chi connectivity index (χ4n) is 3.19. The molecule has 0 spiro atoms. The van der Waals surface area contributed by atoms with Crippen LogP contribution >= 0.6 is 11.8 Å². The lowest BCUT2D eigenvalue weighted by atomic mass is 10.1. The van der Waals surface area contributed by atoms with Crippen molar-refractivity contribution in [1.82, 2.24) is 10.2 Å². The summed E-state index contributed by atoms with van der Waals surface area (Å²) in [6.45, 7) is 6.96. The fraction of sp³-hybridized carbons (Fsp3) is 0.440. The van der Waals surface area contributed by atoms with Crippen LogP contribution in [0.25, 0.3) is 0 Å². The summed E-state index contributed by atoms with van der Waals surface area (Å²) in [5, 5.41) is 2.95. The summed E-state index contributed by atoms with van der Waals surface area (Å²) in [4.78, 5) is 27.4. The van der Waals surface area contributed by atoms with Crippen molar-refractivity contribution in [3.05, 3.63) is 65.2 Å². The summed E-state index contributed by atoms with van der Waals surface area (Å²) < 4.78 is 5.22. The first kappa shape index (κ1) is 24.8. The van der Waals surface area contributed by atoms with Gasteiger partial charge in [0, 0.05) is 18.8 Å². The maximum absolute atomic E-state index is 13.1. The molecule has 2 rings (SSSR count). The Kier molecular flexibility index (Phi) is 10.4. The van der Waals surface area contributed by atoms with Gasteiger partial charge in [0.25, 0.3) is 0 Å². The van der Waals surface area contributed by atoms with Gasteiger partial charge in [0.1, 0.15) is 11.8 Å². The molecule has 2 aromatic carbocycles. The molecule has 1 N–H and O–H groups in total. The van der Waals surface area contributed by atoms with Crippen LogP contribution in [-0.4, -0.2) is 42.2 Å². The van der Waals surface area contributed by atoms with E-state index in [4.69, 9.17) is 4.74 Å². The van der Waals surface area contributed by atoms with Crippen LogP contribution in [0.1, 0.15) is 43.4 Å².